The summed E-state index contributed by atoms with van der Waals surface area (Å²) in [6.07, 6.45) is 0. The fourth-order valence-corrected chi connectivity index (χ4v) is 2.21. The van der Waals surface area contributed by atoms with Crippen LogP contribution in [0.1, 0.15) is 12.5 Å². The maximum absolute atomic E-state index is 5.46. The van der Waals surface area contributed by atoms with Gasteiger partial charge in [0.1, 0.15) is 11.5 Å². The first kappa shape index (κ1) is 19.1. The number of hydrogen-bond donors (Lipinski definition) is 1. The van der Waals surface area contributed by atoms with E-state index in [-0.39, 0.29) is 0 Å². The zero-order chi connectivity index (χ0) is 17.2. The molecule has 0 saturated carbocycles. The van der Waals surface area contributed by atoms with Crippen molar-refractivity contribution in [3.05, 3.63) is 23.8 Å². The second-order valence-corrected chi connectivity index (χ2v) is 5.40. The Balaban J connectivity index is 2.67. The third kappa shape index (κ3) is 5.98. The van der Waals surface area contributed by atoms with E-state index in [2.05, 4.69) is 34.1 Å². The first-order valence-corrected chi connectivity index (χ1v) is 7.86. The van der Waals surface area contributed by atoms with Crippen LogP contribution < -0.4 is 14.8 Å². The Hall–Kier alpha value is -1.95. The van der Waals surface area contributed by atoms with Crippen LogP contribution in [0.4, 0.5) is 0 Å². The largest absolute Gasteiger partial charge is 0.497 e. The number of nitrogens with one attached hydrogen (secondary N) is 1. The summed E-state index contributed by atoms with van der Waals surface area (Å²) in [4.78, 5) is 8.68. The van der Waals surface area contributed by atoms with Gasteiger partial charge in [-0.2, -0.15) is 0 Å². The average molecular weight is 322 g/mol. The Morgan fingerprint density at radius 3 is 2.52 bits per heavy atom. The van der Waals surface area contributed by atoms with Gasteiger partial charge in [0.25, 0.3) is 0 Å². The minimum Gasteiger partial charge on any atom is -0.497 e. The zero-order valence-corrected chi connectivity index (χ0v) is 15.2. The molecule has 0 aromatic heterocycles. The van der Waals surface area contributed by atoms with Gasteiger partial charge in [-0.1, -0.05) is 6.92 Å². The molecule has 1 rings (SSSR count). The minimum absolute atomic E-state index is 0.705. The SMILES string of the molecule is CCN(C)CCNC(=NC)N(C)Cc1ccc(OC)cc1OC. The highest BCUT2D eigenvalue weighted by molar-refractivity contribution is 5.79. The van der Waals surface area contributed by atoms with Gasteiger partial charge in [-0.15, -0.1) is 0 Å². The van der Waals surface area contributed by atoms with E-state index in [4.69, 9.17) is 9.47 Å². The van der Waals surface area contributed by atoms with Crippen molar-refractivity contribution in [2.24, 2.45) is 4.99 Å². The highest BCUT2D eigenvalue weighted by Gasteiger charge is 2.11. The molecular weight excluding hydrogens is 292 g/mol. The molecule has 0 atom stereocenters. The molecule has 0 radical (unpaired) electrons. The molecule has 0 aliphatic carbocycles. The molecule has 0 saturated heterocycles. The predicted molar refractivity (Wildman–Crippen MR) is 95.5 cm³/mol. The second-order valence-electron chi connectivity index (χ2n) is 5.40. The molecule has 6 heteroatoms. The Kier molecular flexibility index (Phi) is 8.26. The maximum Gasteiger partial charge on any atom is 0.193 e. The van der Waals surface area contributed by atoms with Crippen molar-refractivity contribution in [3.63, 3.8) is 0 Å². The van der Waals surface area contributed by atoms with Crippen LogP contribution in [0.2, 0.25) is 0 Å². The number of hydrogen-bond acceptors (Lipinski definition) is 4. The molecular formula is C17H30N4O2. The molecule has 0 bridgehead atoms. The van der Waals surface area contributed by atoms with Crippen molar-refractivity contribution < 1.29 is 9.47 Å². The van der Waals surface area contributed by atoms with E-state index in [1.165, 1.54) is 0 Å². The average Bonchev–Trinajstić information content (AvgIpc) is 2.58. The maximum atomic E-state index is 5.46. The van der Waals surface area contributed by atoms with E-state index in [9.17, 15) is 0 Å². The summed E-state index contributed by atoms with van der Waals surface area (Å²) in [7, 11) is 9.25. The first-order valence-electron chi connectivity index (χ1n) is 7.86. The van der Waals surface area contributed by atoms with Gasteiger partial charge in [-0.3, -0.25) is 4.99 Å². The van der Waals surface area contributed by atoms with Crippen LogP contribution in [0.3, 0.4) is 0 Å². The second kappa shape index (κ2) is 9.94. The Bertz CT molecular complexity index is 505. The lowest BCUT2D eigenvalue weighted by Gasteiger charge is -2.24. The van der Waals surface area contributed by atoms with Gasteiger partial charge >= 0.3 is 0 Å². The molecule has 1 aromatic rings. The lowest BCUT2D eigenvalue weighted by molar-refractivity contribution is 0.352. The standard InChI is InChI=1S/C17H30N4O2/c1-7-20(3)11-10-19-17(18-2)21(4)13-14-8-9-15(22-5)12-16(14)23-6/h8-9,12H,7,10-11,13H2,1-6H3,(H,18,19). The molecule has 0 aliphatic rings. The molecule has 0 unspecified atom stereocenters. The number of guanidine groups is 1. The Labute approximate surface area is 140 Å². The van der Waals surface area contributed by atoms with Crippen molar-refractivity contribution in [3.8, 4) is 11.5 Å². The van der Waals surface area contributed by atoms with E-state index in [0.717, 1.165) is 42.7 Å². The highest BCUT2D eigenvalue weighted by Crippen LogP contribution is 2.25. The van der Waals surface area contributed by atoms with Gasteiger partial charge in [0.2, 0.25) is 0 Å². The summed E-state index contributed by atoms with van der Waals surface area (Å²) in [5, 5.41) is 3.38. The highest BCUT2D eigenvalue weighted by atomic mass is 16.5. The van der Waals surface area contributed by atoms with Crippen molar-refractivity contribution >= 4 is 5.96 Å². The fraction of sp³-hybridized carbons (Fsp3) is 0.588. The minimum atomic E-state index is 0.705. The smallest absolute Gasteiger partial charge is 0.193 e. The molecule has 0 fully saturated rings. The first-order chi connectivity index (χ1) is 11.0. The van der Waals surface area contributed by atoms with Gasteiger partial charge in [0.15, 0.2) is 5.96 Å². The summed E-state index contributed by atoms with van der Waals surface area (Å²) in [5.41, 5.74) is 1.09. The van der Waals surface area contributed by atoms with Gasteiger partial charge in [0.05, 0.1) is 14.2 Å². The van der Waals surface area contributed by atoms with Crippen LogP contribution in [0.15, 0.2) is 23.2 Å². The number of likely N-dealkylation sites (N-methyl/N-ethyl adjacent to an activating group) is 1. The summed E-state index contributed by atoms with van der Waals surface area (Å²) in [5.74, 6) is 2.48. The molecule has 6 nitrogen and oxygen atoms in total. The summed E-state index contributed by atoms with van der Waals surface area (Å²) < 4.78 is 10.7. The summed E-state index contributed by atoms with van der Waals surface area (Å²) in [6, 6.07) is 5.86. The monoisotopic (exact) mass is 322 g/mol. The predicted octanol–water partition coefficient (Wildman–Crippen LogP) is 1.66. The van der Waals surface area contributed by atoms with E-state index >= 15 is 0 Å². The lowest BCUT2D eigenvalue weighted by atomic mass is 10.2. The number of nitrogens with zero attached hydrogens (tertiary/aromatic N) is 3. The van der Waals surface area contributed by atoms with Gasteiger partial charge in [-0.25, -0.2) is 0 Å². The summed E-state index contributed by atoms with van der Waals surface area (Å²) in [6.45, 7) is 5.74. The van der Waals surface area contributed by atoms with Crippen molar-refractivity contribution in [2.45, 2.75) is 13.5 Å². The van der Waals surface area contributed by atoms with Crippen LogP contribution in [0.5, 0.6) is 11.5 Å². The zero-order valence-electron chi connectivity index (χ0n) is 15.2. The van der Waals surface area contributed by atoms with Gasteiger partial charge in [-0.05, 0) is 25.7 Å². The molecule has 23 heavy (non-hydrogen) atoms. The van der Waals surface area contributed by atoms with Gasteiger partial charge in [0, 0.05) is 45.4 Å². The van der Waals surface area contributed by atoms with Crippen LogP contribution >= 0.6 is 0 Å². The third-order valence-electron chi connectivity index (χ3n) is 3.79. The molecule has 0 aliphatic heterocycles. The van der Waals surface area contributed by atoms with Crippen molar-refractivity contribution in [1.29, 1.82) is 0 Å². The molecule has 0 heterocycles. The van der Waals surface area contributed by atoms with Crippen LogP contribution in [0.25, 0.3) is 0 Å². The van der Waals surface area contributed by atoms with E-state index < -0.39 is 0 Å². The van der Waals surface area contributed by atoms with E-state index in [1.807, 2.05) is 25.2 Å². The van der Waals surface area contributed by atoms with Crippen LogP contribution in [0, 0.1) is 0 Å². The Morgan fingerprint density at radius 1 is 1.22 bits per heavy atom. The molecule has 0 amide bonds. The van der Waals surface area contributed by atoms with E-state index in [1.54, 1.807) is 21.3 Å². The normalized spacial score (nSPS) is 11.5. The number of ether oxygens (including phenoxy) is 2. The molecule has 0 spiro atoms. The van der Waals surface area contributed by atoms with Crippen LogP contribution in [-0.4, -0.2) is 70.8 Å². The van der Waals surface area contributed by atoms with Gasteiger partial charge < -0.3 is 24.6 Å². The van der Waals surface area contributed by atoms with Crippen molar-refractivity contribution in [1.82, 2.24) is 15.1 Å². The number of rotatable bonds is 8. The lowest BCUT2D eigenvalue weighted by Crippen LogP contribution is -2.41. The number of aliphatic imine (C=N–C) groups is 1. The third-order valence-corrected chi connectivity index (χ3v) is 3.79. The fourth-order valence-electron chi connectivity index (χ4n) is 2.21. The van der Waals surface area contributed by atoms with E-state index in [0.29, 0.717) is 6.54 Å². The van der Waals surface area contributed by atoms with Crippen molar-refractivity contribution in [2.75, 3.05) is 55.0 Å². The summed E-state index contributed by atoms with van der Waals surface area (Å²) >= 11 is 0. The topological polar surface area (TPSA) is 49.3 Å². The van der Waals surface area contributed by atoms with Crippen LogP contribution in [-0.2, 0) is 6.54 Å². The molecule has 1 N–H and O–H groups in total. The number of benzene rings is 1. The quantitative estimate of drug-likeness (QED) is 0.583. The molecule has 130 valence electrons. The number of methoxy groups -OCH3 is 2. The molecule has 1 aromatic carbocycles. The Morgan fingerprint density at radius 2 is 1.96 bits per heavy atom.